The molecule has 3 rings (SSSR count). The zero-order chi connectivity index (χ0) is 18.5. The Balaban J connectivity index is 1.50. The zero-order valence-electron chi connectivity index (χ0n) is 15.2. The summed E-state index contributed by atoms with van der Waals surface area (Å²) in [6.07, 6.45) is 0. The Morgan fingerprint density at radius 2 is 1.88 bits per heavy atom. The first-order valence-corrected chi connectivity index (χ1v) is 9.22. The zero-order valence-corrected chi connectivity index (χ0v) is 16.0. The number of amides is 1. The number of piperazine rings is 1. The van der Waals surface area contributed by atoms with Crippen molar-refractivity contribution in [3.05, 3.63) is 53.1 Å². The molecule has 0 atom stereocenters. The molecule has 2 aromatic carbocycles. The average Bonchev–Trinajstić information content (AvgIpc) is 2.66. The van der Waals surface area contributed by atoms with E-state index >= 15 is 0 Å². The van der Waals surface area contributed by atoms with Gasteiger partial charge in [-0.1, -0.05) is 17.7 Å². The lowest BCUT2D eigenvalue weighted by Gasteiger charge is -2.33. The Morgan fingerprint density at radius 1 is 1.19 bits per heavy atom. The van der Waals surface area contributed by atoms with Crippen LogP contribution in [0.5, 0.6) is 5.75 Å². The van der Waals surface area contributed by atoms with Crippen molar-refractivity contribution >= 4 is 28.9 Å². The van der Waals surface area contributed by atoms with Crippen LogP contribution in [0.2, 0.25) is 5.02 Å². The number of methoxy groups -OCH3 is 1. The van der Waals surface area contributed by atoms with E-state index in [9.17, 15) is 4.79 Å². The fourth-order valence-electron chi connectivity index (χ4n) is 3.22. The number of rotatable bonds is 5. The number of hydrogen-bond acceptors (Lipinski definition) is 3. The van der Waals surface area contributed by atoms with Gasteiger partial charge in [0.2, 0.25) is 0 Å². The number of anilines is 2. The molecule has 0 spiro atoms. The van der Waals surface area contributed by atoms with Crippen molar-refractivity contribution in [3.63, 3.8) is 0 Å². The van der Waals surface area contributed by atoms with E-state index in [0.717, 1.165) is 43.2 Å². The number of halogens is 1. The van der Waals surface area contributed by atoms with Gasteiger partial charge in [0.15, 0.2) is 6.54 Å². The molecular formula is C20H25ClN3O2+. The smallest absolute Gasteiger partial charge is 0.279 e. The van der Waals surface area contributed by atoms with E-state index in [-0.39, 0.29) is 5.91 Å². The van der Waals surface area contributed by atoms with Crippen LogP contribution in [0.1, 0.15) is 5.56 Å². The summed E-state index contributed by atoms with van der Waals surface area (Å²) in [5, 5.41) is 3.65. The first-order chi connectivity index (χ1) is 12.6. The first-order valence-electron chi connectivity index (χ1n) is 8.84. The third-order valence-corrected chi connectivity index (χ3v) is 5.27. The molecule has 1 aliphatic rings. The summed E-state index contributed by atoms with van der Waals surface area (Å²) in [6, 6.07) is 13.7. The van der Waals surface area contributed by atoms with Crippen molar-refractivity contribution in [2.24, 2.45) is 0 Å². The predicted octanol–water partition coefficient (Wildman–Crippen LogP) is 2.00. The van der Waals surface area contributed by atoms with Crippen molar-refractivity contribution in [2.45, 2.75) is 6.92 Å². The number of ether oxygens (including phenoxy) is 1. The molecule has 0 bridgehead atoms. The van der Waals surface area contributed by atoms with Crippen molar-refractivity contribution < 1.29 is 14.4 Å². The molecule has 5 nitrogen and oxygen atoms in total. The molecule has 1 fully saturated rings. The van der Waals surface area contributed by atoms with Gasteiger partial charge in [0.05, 0.1) is 33.3 Å². The molecule has 138 valence electrons. The van der Waals surface area contributed by atoms with Crippen LogP contribution in [-0.2, 0) is 4.79 Å². The highest BCUT2D eigenvalue weighted by molar-refractivity contribution is 6.31. The molecule has 1 amide bonds. The number of carbonyl (C=O) groups excluding carboxylic acids is 1. The number of carbonyl (C=O) groups is 1. The minimum absolute atomic E-state index is 0.0308. The van der Waals surface area contributed by atoms with Crippen LogP contribution in [0.3, 0.4) is 0 Å². The summed E-state index contributed by atoms with van der Waals surface area (Å²) in [5.41, 5.74) is 2.89. The molecule has 6 heteroatoms. The number of quaternary nitrogens is 1. The lowest BCUT2D eigenvalue weighted by molar-refractivity contribution is -0.892. The Morgan fingerprint density at radius 3 is 2.54 bits per heavy atom. The fourth-order valence-corrected chi connectivity index (χ4v) is 3.39. The molecule has 2 aromatic rings. The maximum Gasteiger partial charge on any atom is 0.279 e. The normalized spacial score (nSPS) is 15.0. The molecule has 0 saturated carbocycles. The van der Waals surface area contributed by atoms with Crippen LogP contribution in [0.15, 0.2) is 42.5 Å². The van der Waals surface area contributed by atoms with Crippen molar-refractivity contribution in [1.29, 1.82) is 0 Å². The Labute approximate surface area is 159 Å². The molecular weight excluding hydrogens is 350 g/mol. The second kappa shape index (κ2) is 8.43. The van der Waals surface area contributed by atoms with Gasteiger partial charge in [-0.25, -0.2) is 0 Å². The minimum Gasteiger partial charge on any atom is -0.497 e. The summed E-state index contributed by atoms with van der Waals surface area (Å²) >= 11 is 6.11. The van der Waals surface area contributed by atoms with E-state index in [1.807, 2.05) is 37.3 Å². The lowest BCUT2D eigenvalue weighted by atomic mass is 10.2. The van der Waals surface area contributed by atoms with Crippen LogP contribution >= 0.6 is 11.6 Å². The maximum absolute atomic E-state index is 12.4. The molecule has 1 aliphatic heterocycles. The van der Waals surface area contributed by atoms with Gasteiger partial charge in [0.1, 0.15) is 5.75 Å². The predicted molar refractivity (Wildman–Crippen MR) is 106 cm³/mol. The van der Waals surface area contributed by atoms with Crippen molar-refractivity contribution in [2.75, 3.05) is 50.1 Å². The van der Waals surface area contributed by atoms with E-state index in [1.165, 1.54) is 10.6 Å². The van der Waals surface area contributed by atoms with Gasteiger partial charge in [-0.2, -0.15) is 0 Å². The van der Waals surface area contributed by atoms with Gasteiger partial charge >= 0.3 is 0 Å². The maximum atomic E-state index is 12.4. The monoisotopic (exact) mass is 374 g/mol. The molecule has 0 aromatic heterocycles. The number of benzene rings is 2. The van der Waals surface area contributed by atoms with Gasteiger partial charge in [0, 0.05) is 16.4 Å². The SMILES string of the molecule is COc1ccc(N2CC[NH+](CC(=O)Nc3cccc(Cl)c3C)CC2)cc1. The summed E-state index contributed by atoms with van der Waals surface area (Å²) in [6.45, 7) is 6.14. The van der Waals surface area contributed by atoms with Crippen LogP contribution in [0.4, 0.5) is 11.4 Å². The number of nitrogens with one attached hydrogen (secondary N) is 2. The fraction of sp³-hybridized carbons (Fsp3) is 0.350. The van der Waals surface area contributed by atoms with E-state index in [4.69, 9.17) is 16.3 Å². The molecule has 0 unspecified atom stereocenters. The average molecular weight is 375 g/mol. The number of hydrogen-bond donors (Lipinski definition) is 2. The lowest BCUT2D eigenvalue weighted by Crippen LogP contribution is -3.15. The second-order valence-corrected chi connectivity index (χ2v) is 6.98. The van der Waals surface area contributed by atoms with E-state index < -0.39 is 0 Å². The Kier molecular flexibility index (Phi) is 6.01. The highest BCUT2D eigenvalue weighted by atomic mass is 35.5. The van der Waals surface area contributed by atoms with Gasteiger partial charge in [-0.3, -0.25) is 4.79 Å². The topological polar surface area (TPSA) is 46.0 Å². The Hall–Kier alpha value is -2.24. The third-order valence-electron chi connectivity index (χ3n) is 4.86. The van der Waals surface area contributed by atoms with Gasteiger partial charge in [0.25, 0.3) is 5.91 Å². The van der Waals surface area contributed by atoms with Crippen molar-refractivity contribution in [3.8, 4) is 5.75 Å². The van der Waals surface area contributed by atoms with Crippen LogP contribution in [0.25, 0.3) is 0 Å². The van der Waals surface area contributed by atoms with Crippen LogP contribution in [-0.4, -0.2) is 45.7 Å². The molecule has 1 heterocycles. The van der Waals surface area contributed by atoms with E-state index in [2.05, 4.69) is 22.3 Å². The molecule has 0 aliphatic carbocycles. The van der Waals surface area contributed by atoms with Crippen molar-refractivity contribution in [1.82, 2.24) is 0 Å². The molecule has 0 radical (unpaired) electrons. The van der Waals surface area contributed by atoms with Gasteiger partial charge in [-0.05, 0) is 48.9 Å². The Bertz CT molecular complexity index is 756. The molecule has 26 heavy (non-hydrogen) atoms. The first kappa shape index (κ1) is 18.5. The van der Waals surface area contributed by atoms with Gasteiger partial charge < -0.3 is 19.9 Å². The largest absolute Gasteiger partial charge is 0.497 e. The number of nitrogens with zero attached hydrogens (tertiary/aromatic N) is 1. The van der Waals surface area contributed by atoms with E-state index in [0.29, 0.717) is 11.6 Å². The quantitative estimate of drug-likeness (QED) is 0.841. The molecule has 1 saturated heterocycles. The molecule has 2 N–H and O–H groups in total. The summed E-state index contributed by atoms with van der Waals surface area (Å²) in [5.74, 6) is 0.897. The van der Waals surface area contributed by atoms with E-state index in [1.54, 1.807) is 7.11 Å². The summed E-state index contributed by atoms with van der Waals surface area (Å²) in [7, 11) is 1.67. The summed E-state index contributed by atoms with van der Waals surface area (Å²) in [4.78, 5) is 16.0. The highest BCUT2D eigenvalue weighted by Gasteiger charge is 2.22. The second-order valence-electron chi connectivity index (χ2n) is 6.57. The third kappa shape index (κ3) is 4.48. The van der Waals surface area contributed by atoms with Crippen LogP contribution in [0, 0.1) is 6.92 Å². The van der Waals surface area contributed by atoms with Gasteiger partial charge in [-0.15, -0.1) is 0 Å². The minimum atomic E-state index is 0.0308. The summed E-state index contributed by atoms with van der Waals surface area (Å²) < 4.78 is 5.21. The standard InChI is InChI=1S/C20H24ClN3O2/c1-15-18(21)4-3-5-19(15)22-20(25)14-23-10-12-24(13-11-23)16-6-8-17(26-2)9-7-16/h3-9H,10-14H2,1-2H3,(H,22,25)/p+1. The highest BCUT2D eigenvalue weighted by Crippen LogP contribution is 2.22. The van der Waals surface area contributed by atoms with Crippen LogP contribution < -0.4 is 19.9 Å².